The minimum Gasteiger partial charge on any atom is -0.487 e. The van der Waals surface area contributed by atoms with Crippen molar-refractivity contribution in [1.82, 2.24) is 4.98 Å². The largest absolute Gasteiger partial charge is 0.487 e. The van der Waals surface area contributed by atoms with Crippen LogP contribution in [-0.4, -0.2) is 11.1 Å². The van der Waals surface area contributed by atoms with Crippen LogP contribution in [0.3, 0.4) is 0 Å². The zero-order chi connectivity index (χ0) is 12.4. The van der Waals surface area contributed by atoms with Gasteiger partial charge in [0.1, 0.15) is 5.52 Å². The molecule has 0 aliphatic rings. The summed E-state index contributed by atoms with van der Waals surface area (Å²) >= 11 is 9.70. The van der Waals surface area contributed by atoms with Gasteiger partial charge in [-0.05, 0) is 25.5 Å². The second-order valence-electron chi connectivity index (χ2n) is 3.91. The van der Waals surface area contributed by atoms with Gasteiger partial charge in [0.15, 0.2) is 5.75 Å². The lowest BCUT2D eigenvalue weighted by Crippen LogP contribution is -2.10. The molecule has 0 unspecified atom stereocenters. The molecule has 0 bridgehead atoms. The molecule has 0 saturated heterocycles. The van der Waals surface area contributed by atoms with E-state index in [2.05, 4.69) is 27.8 Å². The number of rotatable bonds is 3. The molecule has 1 aromatic heterocycles. The van der Waals surface area contributed by atoms with Crippen LogP contribution in [-0.2, 0) is 0 Å². The van der Waals surface area contributed by atoms with Crippen LogP contribution in [0.4, 0.5) is 0 Å². The van der Waals surface area contributed by atoms with Crippen LogP contribution in [0.15, 0.2) is 28.9 Å². The molecule has 0 amide bonds. The Balaban J connectivity index is 2.61. The summed E-state index contributed by atoms with van der Waals surface area (Å²) in [5, 5.41) is 1.60. The number of benzene rings is 1. The fourth-order valence-electron chi connectivity index (χ4n) is 1.54. The summed E-state index contributed by atoms with van der Waals surface area (Å²) in [5.41, 5.74) is 0.798. The van der Waals surface area contributed by atoms with Crippen molar-refractivity contribution in [3.8, 4) is 5.75 Å². The van der Waals surface area contributed by atoms with Gasteiger partial charge in [-0.15, -0.1) is 0 Å². The summed E-state index contributed by atoms with van der Waals surface area (Å²) in [7, 11) is 0. The molecule has 1 atom stereocenters. The van der Waals surface area contributed by atoms with Gasteiger partial charge in [0, 0.05) is 16.1 Å². The number of halogens is 2. The molecule has 1 heterocycles. The van der Waals surface area contributed by atoms with Gasteiger partial charge in [-0.3, -0.25) is 4.98 Å². The molecule has 1 aromatic carbocycles. The van der Waals surface area contributed by atoms with Crippen molar-refractivity contribution in [2.75, 3.05) is 0 Å². The van der Waals surface area contributed by atoms with E-state index in [9.17, 15) is 0 Å². The van der Waals surface area contributed by atoms with Crippen LogP contribution in [0.2, 0.25) is 5.02 Å². The van der Waals surface area contributed by atoms with Crippen LogP contribution in [0.1, 0.15) is 20.3 Å². The van der Waals surface area contributed by atoms with E-state index in [1.807, 2.05) is 25.1 Å². The van der Waals surface area contributed by atoms with Crippen molar-refractivity contribution < 1.29 is 4.74 Å². The third-order valence-electron chi connectivity index (χ3n) is 2.64. The molecule has 4 heteroatoms. The lowest BCUT2D eigenvalue weighted by molar-refractivity contribution is 0.220. The molecule has 2 nitrogen and oxygen atoms in total. The summed E-state index contributed by atoms with van der Waals surface area (Å²) in [4.78, 5) is 4.35. The van der Waals surface area contributed by atoms with Crippen molar-refractivity contribution in [1.29, 1.82) is 0 Å². The van der Waals surface area contributed by atoms with E-state index in [1.165, 1.54) is 0 Å². The molecule has 0 fully saturated rings. The van der Waals surface area contributed by atoms with Gasteiger partial charge in [-0.2, -0.15) is 0 Å². The minimum absolute atomic E-state index is 0.124. The van der Waals surface area contributed by atoms with Crippen molar-refractivity contribution in [3.63, 3.8) is 0 Å². The summed E-state index contributed by atoms with van der Waals surface area (Å²) in [6.45, 7) is 4.10. The first-order valence-electron chi connectivity index (χ1n) is 5.52. The van der Waals surface area contributed by atoms with E-state index < -0.39 is 0 Å². The number of aromatic nitrogens is 1. The Kier molecular flexibility index (Phi) is 3.89. The molecular weight excluding hydrogens is 302 g/mol. The third kappa shape index (κ3) is 2.55. The molecule has 0 N–H and O–H groups in total. The fourth-order valence-corrected chi connectivity index (χ4v) is 2.47. The normalized spacial score (nSPS) is 12.7. The predicted molar refractivity (Wildman–Crippen MR) is 74.8 cm³/mol. The van der Waals surface area contributed by atoms with Crippen LogP contribution in [0, 0.1) is 0 Å². The van der Waals surface area contributed by atoms with Crippen molar-refractivity contribution in [3.05, 3.63) is 33.9 Å². The summed E-state index contributed by atoms with van der Waals surface area (Å²) < 4.78 is 6.78. The Morgan fingerprint density at radius 3 is 3.00 bits per heavy atom. The maximum absolute atomic E-state index is 6.21. The van der Waals surface area contributed by atoms with Crippen LogP contribution >= 0.6 is 27.5 Å². The first-order valence-corrected chi connectivity index (χ1v) is 6.70. The maximum atomic E-state index is 6.21. The van der Waals surface area contributed by atoms with E-state index in [0.717, 1.165) is 21.8 Å². The molecule has 0 aliphatic carbocycles. The number of hydrogen-bond donors (Lipinski definition) is 0. The van der Waals surface area contributed by atoms with E-state index >= 15 is 0 Å². The predicted octanol–water partition coefficient (Wildman–Crippen LogP) is 4.83. The fraction of sp³-hybridized carbons (Fsp3) is 0.308. The number of fused-ring (bicyclic) bond motifs is 1. The zero-order valence-corrected chi connectivity index (χ0v) is 12.0. The number of pyridine rings is 1. The molecule has 2 aromatic rings. The van der Waals surface area contributed by atoms with E-state index in [1.54, 1.807) is 6.20 Å². The average molecular weight is 315 g/mol. The highest BCUT2D eigenvalue weighted by Crippen LogP contribution is 2.37. The van der Waals surface area contributed by atoms with Crippen molar-refractivity contribution >= 4 is 38.4 Å². The van der Waals surface area contributed by atoms with Gasteiger partial charge in [0.25, 0.3) is 0 Å². The Bertz CT molecular complexity index is 544. The molecule has 0 aliphatic heterocycles. The Hall–Kier alpha value is -0.800. The Labute approximate surface area is 114 Å². The van der Waals surface area contributed by atoms with Gasteiger partial charge >= 0.3 is 0 Å². The Morgan fingerprint density at radius 2 is 2.29 bits per heavy atom. The third-order valence-corrected chi connectivity index (χ3v) is 3.58. The monoisotopic (exact) mass is 313 g/mol. The van der Waals surface area contributed by atoms with Gasteiger partial charge < -0.3 is 4.74 Å². The summed E-state index contributed by atoms with van der Waals surface area (Å²) in [6, 6.07) is 5.74. The highest BCUT2D eigenvalue weighted by molar-refractivity contribution is 9.10. The van der Waals surface area contributed by atoms with Gasteiger partial charge in [0.2, 0.25) is 0 Å². The topological polar surface area (TPSA) is 22.1 Å². The number of ether oxygens (including phenoxy) is 1. The number of nitrogens with zero attached hydrogens (tertiary/aromatic N) is 1. The van der Waals surface area contributed by atoms with E-state index in [4.69, 9.17) is 16.3 Å². The summed E-state index contributed by atoms with van der Waals surface area (Å²) in [5.74, 6) is 0.666. The molecule has 2 rings (SSSR count). The first kappa shape index (κ1) is 12.7. The molecule has 17 heavy (non-hydrogen) atoms. The SMILES string of the molecule is CC[C@H](C)Oc1c(Cl)cc(Br)c2cccnc12. The van der Waals surface area contributed by atoms with Gasteiger partial charge in [0.05, 0.1) is 11.1 Å². The van der Waals surface area contributed by atoms with Crippen LogP contribution < -0.4 is 4.74 Å². The second-order valence-corrected chi connectivity index (χ2v) is 5.17. The van der Waals surface area contributed by atoms with Crippen molar-refractivity contribution in [2.45, 2.75) is 26.4 Å². The number of hydrogen-bond acceptors (Lipinski definition) is 2. The molecule has 0 saturated carbocycles. The highest BCUT2D eigenvalue weighted by atomic mass is 79.9. The second kappa shape index (κ2) is 5.23. The van der Waals surface area contributed by atoms with Crippen LogP contribution in [0.5, 0.6) is 5.75 Å². The van der Waals surface area contributed by atoms with E-state index in [0.29, 0.717) is 10.8 Å². The highest BCUT2D eigenvalue weighted by Gasteiger charge is 2.13. The quantitative estimate of drug-likeness (QED) is 0.809. The standard InChI is InChI=1S/C13H13BrClNO/c1-3-8(2)17-13-11(15)7-10(14)9-5-4-6-16-12(9)13/h4-8H,3H2,1-2H3/t8-/m0/s1. The summed E-state index contributed by atoms with van der Waals surface area (Å²) in [6.07, 6.45) is 2.80. The Morgan fingerprint density at radius 1 is 1.53 bits per heavy atom. The molecular formula is C13H13BrClNO. The smallest absolute Gasteiger partial charge is 0.164 e. The maximum Gasteiger partial charge on any atom is 0.164 e. The molecule has 0 spiro atoms. The van der Waals surface area contributed by atoms with Crippen LogP contribution in [0.25, 0.3) is 10.9 Å². The zero-order valence-electron chi connectivity index (χ0n) is 9.71. The molecule has 0 radical (unpaired) electrons. The molecule has 90 valence electrons. The van der Waals surface area contributed by atoms with Crippen molar-refractivity contribution in [2.24, 2.45) is 0 Å². The van der Waals surface area contributed by atoms with E-state index in [-0.39, 0.29) is 6.10 Å². The lowest BCUT2D eigenvalue weighted by Gasteiger charge is -2.16. The lowest BCUT2D eigenvalue weighted by atomic mass is 10.2. The van der Waals surface area contributed by atoms with Gasteiger partial charge in [-0.1, -0.05) is 40.5 Å². The average Bonchev–Trinajstić information content (AvgIpc) is 2.34. The minimum atomic E-state index is 0.124. The van der Waals surface area contributed by atoms with Gasteiger partial charge in [-0.25, -0.2) is 0 Å². The first-order chi connectivity index (χ1) is 8.13.